The van der Waals surface area contributed by atoms with Crippen molar-refractivity contribution in [2.75, 3.05) is 0 Å². The molecule has 1 aromatic heterocycles. The van der Waals surface area contributed by atoms with Crippen molar-refractivity contribution >= 4 is 20.9 Å². The SMILES string of the molecule is Cc1nc2ccccc2nc1S(=O)(=O)c1ccccc1. The van der Waals surface area contributed by atoms with E-state index in [1.807, 2.05) is 18.2 Å². The molecule has 0 bridgehead atoms. The van der Waals surface area contributed by atoms with Gasteiger partial charge in [0.1, 0.15) is 0 Å². The van der Waals surface area contributed by atoms with E-state index in [2.05, 4.69) is 9.97 Å². The Kier molecular flexibility index (Phi) is 2.99. The third kappa shape index (κ3) is 2.06. The Morgan fingerprint density at radius 3 is 2.00 bits per heavy atom. The van der Waals surface area contributed by atoms with Crippen molar-refractivity contribution in [3.05, 3.63) is 60.3 Å². The van der Waals surface area contributed by atoms with E-state index in [1.165, 1.54) is 0 Å². The number of aromatic nitrogens is 2. The lowest BCUT2D eigenvalue weighted by Crippen LogP contribution is -2.08. The van der Waals surface area contributed by atoms with Gasteiger partial charge in [0.2, 0.25) is 9.84 Å². The molecule has 0 aliphatic rings. The standard InChI is InChI=1S/C15H12N2O2S/c1-11-15(17-14-10-6-5-9-13(14)16-11)20(18,19)12-7-3-2-4-8-12/h2-10H,1H3. The fourth-order valence-electron chi connectivity index (χ4n) is 2.04. The van der Waals surface area contributed by atoms with Crippen molar-refractivity contribution in [3.8, 4) is 0 Å². The summed E-state index contributed by atoms with van der Waals surface area (Å²) in [5, 5.41) is 0.0161. The molecule has 0 aliphatic carbocycles. The number of sulfone groups is 1. The monoisotopic (exact) mass is 284 g/mol. The van der Waals surface area contributed by atoms with Crippen LogP contribution in [0.3, 0.4) is 0 Å². The van der Waals surface area contributed by atoms with Gasteiger partial charge >= 0.3 is 0 Å². The van der Waals surface area contributed by atoms with Crippen LogP contribution in [0.25, 0.3) is 11.0 Å². The highest BCUT2D eigenvalue weighted by Gasteiger charge is 2.22. The van der Waals surface area contributed by atoms with Crippen molar-refractivity contribution in [2.24, 2.45) is 0 Å². The first-order chi connectivity index (χ1) is 9.59. The minimum atomic E-state index is -3.63. The Morgan fingerprint density at radius 2 is 1.35 bits per heavy atom. The lowest BCUT2D eigenvalue weighted by atomic mass is 10.3. The molecule has 3 rings (SSSR count). The summed E-state index contributed by atoms with van der Waals surface area (Å²) in [4.78, 5) is 8.83. The second-order valence-corrected chi connectivity index (χ2v) is 6.28. The van der Waals surface area contributed by atoms with Gasteiger partial charge in [-0.2, -0.15) is 0 Å². The minimum absolute atomic E-state index is 0.0161. The van der Waals surface area contributed by atoms with Gasteiger partial charge in [-0.15, -0.1) is 0 Å². The number of benzene rings is 2. The van der Waals surface area contributed by atoms with Gasteiger partial charge in [-0.1, -0.05) is 30.3 Å². The van der Waals surface area contributed by atoms with Crippen molar-refractivity contribution in [1.82, 2.24) is 9.97 Å². The summed E-state index contributed by atoms with van der Waals surface area (Å²) in [6, 6.07) is 15.5. The smallest absolute Gasteiger partial charge is 0.225 e. The molecule has 0 saturated carbocycles. The topological polar surface area (TPSA) is 59.9 Å². The molecule has 0 unspecified atom stereocenters. The average molecular weight is 284 g/mol. The van der Waals surface area contributed by atoms with E-state index in [1.54, 1.807) is 43.3 Å². The summed E-state index contributed by atoms with van der Waals surface area (Å²) in [5.74, 6) is 0. The molecule has 0 spiro atoms. The maximum absolute atomic E-state index is 12.6. The zero-order valence-corrected chi connectivity index (χ0v) is 11.6. The molecule has 1 heterocycles. The molecule has 0 aliphatic heterocycles. The Bertz CT molecular complexity index is 875. The van der Waals surface area contributed by atoms with Crippen LogP contribution in [-0.2, 0) is 9.84 Å². The average Bonchev–Trinajstić information content (AvgIpc) is 2.47. The molecule has 4 nitrogen and oxygen atoms in total. The van der Waals surface area contributed by atoms with E-state index in [4.69, 9.17) is 0 Å². The van der Waals surface area contributed by atoms with Crippen molar-refractivity contribution in [2.45, 2.75) is 16.8 Å². The number of fused-ring (bicyclic) bond motifs is 1. The zero-order chi connectivity index (χ0) is 14.2. The quantitative estimate of drug-likeness (QED) is 0.726. The highest BCUT2D eigenvalue weighted by Crippen LogP contribution is 2.23. The molecule has 0 radical (unpaired) electrons. The molecule has 0 N–H and O–H groups in total. The predicted octanol–water partition coefficient (Wildman–Crippen LogP) is 2.77. The predicted molar refractivity (Wildman–Crippen MR) is 76.2 cm³/mol. The van der Waals surface area contributed by atoms with Gasteiger partial charge < -0.3 is 0 Å². The zero-order valence-electron chi connectivity index (χ0n) is 10.8. The summed E-state index contributed by atoms with van der Waals surface area (Å²) in [5.41, 5.74) is 1.68. The van der Waals surface area contributed by atoms with E-state index in [-0.39, 0.29) is 9.92 Å². The molecule has 5 heteroatoms. The van der Waals surface area contributed by atoms with Crippen molar-refractivity contribution in [1.29, 1.82) is 0 Å². The van der Waals surface area contributed by atoms with Gasteiger partial charge in [0.05, 0.1) is 21.6 Å². The van der Waals surface area contributed by atoms with Crippen molar-refractivity contribution in [3.63, 3.8) is 0 Å². The van der Waals surface area contributed by atoms with Crippen LogP contribution in [0.4, 0.5) is 0 Å². The molecule has 0 amide bonds. The summed E-state index contributed by atoms with van der Waals surface area (Å²) in [7, 11) is -3.63. The van der Waals surface area contributed by atoms with Crippen LogP contribution >= 0.6 is 0 Å². The number of hydrogen-bond acceptors (Lipinski definition) is 4. The third-order valence-electron chi connectivity index (χ3n) is 3.01. The number of nitrogens with zero attached hydrogens (tertiary/aromatic N) is 2. The van der Waals surface area contributed by atoms with E-state index in [9.17, 15) is 8.42 Å². The molecule has 20 heavy (non-hydrogen) atoms. The van der Waals surface area contributed by atoms with E-state index in [0.29, 0.717) is 16.7 Å². The van der Waals surface area contributed by atoms with Crippen LogP contribution in [0.1, 0.15) is 5.69 Å². The minimum Gasteiger partial charge on any atom is -0.248 e. The summed E-state index contributed by atoms with van der Waals surface area (Å²) >= 11 is 0. The molecule has 100 valence electrons. The van der Waals surface area contributed by atoms with Gasteiger partial charge in [-0.3, -0.25) is 0 Å². The highest BCUT2D eigenvalue weighted by atomic mass is 32.2. The van der Waals surface area contributed by atoms with Crippen LogP contribution in [0, 0.1) is 6.92 Å². The normalized spacial score (nSPS) is 11.7. The van der Waals surface area contributed by atoms with Crippen LogP contribution in [0.15, 0.2) is 64.5 Å². The highest BCUT2D eigenvalue weighted by molar-refractivity contribution is 7.91. The van der Waals surface area contributed by atoms with E-state index in [0.717, 1.165) is 0 Å². The summed E-state index contributed by atoms with van der Waals surface area (Å²) in [6.45, 7) is 1.66. The Hall–Kier alpha value is -2.27. The van der Waals surface area contributed by atoms with Crippen LogP contribution in [-0.4, -0.2) is 18.4 Å². The van der Waals surface area contributed by atoms with Crippen molar-refractivity contribution < 1.29 is 8.42 Å². The van der Waals surface area contributed by atoms with Gasteiger partial charge in [-0.25, -0.2) is 18.4 Å². The van der Waals surface area contributed by atoms with E-state index >= 15 is 0 Å². The Labute approximate surface area is 117 Å². The van der Waals surface area contributed by atoms with Gasteiger partial charge in [0, 0.05) is 0 Å². The second-order valence-electron chi connectivity index (χ2n) is 4.42. The first-order valence-electron chi connectivity index (χ1n) is 6.12. The van der Waals surface area contributed by atoms with Crippen LogP contribution < -0.4 is 0 Å². The maximum atomic E-state index is 12.6. The first-order valence-corrected chi connectivity index (χ1v) is 7.61. The number of rotatable bonds is 2. The van der Waals surface area contributed by atoms with Gasteiger partial charge in [-0.05, 0) is 31.2 Å². The lowest BCUT2D eigenvalue weighted by Gasteiger charge is -2.07. The fraction of sp³-hybridized carbons (Fsp3) is 0.0667. The lowest BCUT2D eigenvalue weighted by molar-refractivity contribution is 0.591. The van der Waals surface area contributed by atoms with Gasteiger partial charge in [0.25, 0.3) is 0 Å². The molecular weight excluding hydrogens is 272 g/mol. The van der Waals surface area contributed by atoms with Gasteiger partial charge in [0.15, 0.2) is 5.03 Å². The number of aryl methyl sites for hydroxylation is 1. The molecule has 0 fully saturated rings. The van der Waals surface area contributed by atoms with Crippen LogP contribution in [0.2, 0.25) is 0 Å². The first kappa shape index (κ1) is 12.7. The number of para-hydroxylation sites is 2. The molecule has 3 aromatic rings. The molecule has 0 saturated heterocycles. The fourth-order valence-corrected chi connectivity index (χ4v) is 3.43. The van der Waals surface area contributed by atoms with Crippen LogP contribution in [0.5, 0.6) is 0 Å². The molecular formula is C15H12N2O2S. The summed E-state index contributed by atoms with van der Waals surface area (Å²) < 4.78 is 25.2. The Balaban J connectivity index is 2.27. The molecule has 2 aromatic carbocycles. The second kappa shape index (κ2) is 4.68. The largest absolute Gasteiger partial charge is 0.248 e. The third-order valence-corrected chi connectivity index (χ3v) is 4.80. The van der Waals surface area contributed by atoms with E-state index < -0.39 is 9.84 Å². The summed E-state index contributed by atoms with van der Waals surface area (Å²) in [6.07, 6.45) is 0. The Morgan fingerprint density at radius 1 is 0.800 bits per heavy atom. The number of hydrogen-bond donors (Lipinski definition) is 0. The molecule has 0 atom stereocenters. The maximum Gasteiger partial charge on any atom is 0.225 e.